The van der Waals surface area contributed by atoms with Crippen LogP contribution in [0.1, 0.15) is 17.2 Å². The fraction of sp³-hybridized carbons (Fsp3) is 0.368. The summed E-state index contributed by atoms with van der Waals surface area (Å²) in [5.74, 6) is 0.303. The van der Waals surface area contributed by atoms with Gasteiger partial charge in [-0.15, -0.1) is 0 Å². The molecule has 0 bridgehead atoms. The number of rotatable bonds is 6. The number of halogens is 1. The third-order valence-electron chi connectivity index (χ3n) is 4.32. The molecular weight excluding hydrogens is 324 g/mol. The fourth-order valence-electron chi connectivity index (χ4n) is 3.05. The number of hydrogen-bond donors (Lipinski definition) is 2. The number of nitrogens with zero attached hydrogens (tertiary/aromatic N) is 1. The van der Waals surface area contributed by atoms with Gasteiger partial charge in [-0.25, -0.2) is 0 Å². The lowest BCUT2D eigenvalue weighted by Gasteiger charge is -2.35. The van der Waals surface area contributed by atoms with Crippen LogP contribution in [0.3, 0.4) is 0 Å². The predicted molar refractivity (Wildman–Crippen MR) is 96.4 cm³/mol. The highest BCUT2D eigenvalue weighted by atomic mass is 35.5. The van der Waals surface area contributed by atoms with Crippen molar-refractivity contribution in [1.82, 2.24) is 10.2 Å². The molecule has 0 saturated carbocycles. The van der Waals surface area contributed by atoms with Crippen LogP contribution in [0.5, 0.6) is 5.75 Å². The SMILES string of the molecule is Oc1cccc(CNCC(c2ccc(Cl)cc2)N2CCOCC2)c1. The lowest BCUT2D eigenvalue weighted by atomic mass is 10.0. The fourth-order valence-corrected chi connectivity index (χ4v) is 3.18. The lowest BCUT2D eigenvalue weighted by Crippen LogP contribution is -2.42. The Morgan fingerprint density at radius 1 is 1.12 bits per heavy atom. The summed E-state index contributed by atoms with van der Waals surface area (Å²) in [6, 6.07) is 15.7. The van der Waals surface area contributed by atoms with Crippen LogP contribution >= 0.6 is 11.6 Å². The van der Waals surface area contributed by atoms with Gasteiger partial charge in [-0.1, -0.05) is 35.9 Å². The molecule has 0 spiro atoms. The van der Waals surface area contributed by atoms with E-state index in [9.17, 15) is 5.11 Å². The zero-order valence-electron chi connectivity index (χ0n) is 13.6. The minimum absolute atomic E-state index is 0.281. The number of hydrogen-bond acceptors (Lipinski definition) is 4. The average molecular weight is 347 g/mol. The van der Waals surface area contributed by atoms with Crippen LogP contribution < -0.4 is 5.32 Å². The van der Waals surface area contributed by atoms with Crippen molar-refractivity contribution in [2.24, 2.45) is 0 Å². The Labute approximate surface area is 148 Å². The van der Waals surface area contributed by atoms with E-state index in [-0.39, 0.29) is 6.04 Å². The molecule has 4 nitrogen and oxygen atoms in total. The summed E-state index contributed by atoms with van der Waals surface area (Å²) in [7, 11) is 0. The van der Waals surface area contributed by atoms with Crippen LogP contribution in [0, 0.1) is 0 Å². The number of aromatic hydroxyl groups is 1. The molecule has 1 heterocycles. The standard InChI is InChI=1S/C19H23ClN2O2/c20-17-6-4-16(5-7-17)19(22-8-10-24-11-9-22)14-21-13-15-2-1-3-18(23)12-15/h1-7,12,19,21,23H,8-11,13-14H2. The van der Waals surface area contributed by atoms with Crippen LogP contribution in [0.25, 0.3) is 0 Å². The van der Waals surface area contributed by atoms with Gasteiger partial charge in [0.05, 0.1) is 13.2 Å². The van der Waals surface area contributed by atoms with Crippen molar-refractivity contribution in [3.05, 3.63) is 64.7 Å². The first-order chi connectivity index (χ1) is 11.7. The monoisotopic (exact) mass is 346 g/mol. The Morgan fingerprint density at radius 3 is 2.58 bits per heavy atom. The molecule has 128 valence electrons. The summed E-state index contributed by atoms with van der Waals surface area (Å²) in [6.07, 6.45) is 0. The summed E-state index contributed by atoms with van der Waals surface area (Å²) in [5, 5.41) is 13.8. The first kappa shape index (κ1) is 17.2. The van der Waals surface area contributed by atoms with Crippen molar-refractivity contribution >= 4 is 11.6 Å². The molecule has 2 N–H and O–H groups in total. The van der Waals surface area contributed by atoms with Gasteiger partial charge in [-0.3, -0.25) is 4.90 Å². The second-order valence-corrected chi connectivity index (χ2v) is 6.45. The molecule has 3 rings (SSSR count). The lowest BCUT2D eigenvalue weighted by molar-refractivity contribution is 0.0161. The molecule has 0 aromatic heterocycles. The van der Waals surface area contributed by atoms with Gasteiger partial charge in [0.2, 0.25) is 0 Å². The number of ether oxygens (including phenoxy) is 1. The Balaban J connectivity index is 1.66. The molecule has 1 fully saturated rings. The Kier molecular flexibility index (Phi) is 6.10. The van der Waals surface area contributed by atoms with Crippen molar-refractivity contribution < 1.29 is 9.84 Å². The van der Waals surface area contributed by atoms with E-state index in [0.717, 1.165) is 50.0 Å². The van der Waals surface area contributed by atoms with E-state index in [1.165, 1.54) is 5.56 Å². The second kappa shape index (κ2) is 8.49. The maximum atomic E-state index is 9.57. The maximum Gasteiger partial charge on any atom is 0.115 e. The number of morpholine rings is 1. The second-order valence-electron chi connectivity index (χ2n) is 6.02. The summed E-state index contributed by atoms with van der Waals surface area (Å²) >= 11 is 6.03. The van der Waals surface area contributed by atoms with Gasteiger partial charge in [0.1, 0.15) is 5.75 Å². The number of phenols is 1. The zero-order chi connectivity index (χ0) is 16.8. The quantitative estimate of drug-likeness (QED) is 0.843. The molecule has 24 heavy (non-hydrogen) atoms. The Bertz CT molecular complexity index is 642. The number of phenolic OH excluding ortho intramolecular Hbond substituents is 1. The largest absolute Gasteiger partial charge is 0.508 e. The van der Waals surface area contributed by atoms with E-state index in [2.05, 4.69) is 22.3 Å². The van der Waals surface area contributed by atoms with E-state index in [1.54, 1.807) is 12.1 Å². The van der Waals surface area contributed by atoms with E-state index < -0.39 is 0 Å². The molecule has 1 aliphatic heterocycles. The van der Waals surface area contributed by atoms with Gasteiger partial charge in [-0.2, -0.15) is 0 Å². The highest BCUT2D eigenvalue weighted by Gasteiger charge is 2.22. The molecule has 1 unspecified atom stereocenters. The minimum atomic E-state index is 0.281. The minimum Gasteiger partial charge on any atom is -0.508 e. The first-order valence-corrected chi connectivity index (χ1v) is 8.66. The summed E-state index contributed by atoms with van der Waals surface area (Å²) < 4.78 is 5.48. The van der Waals surface area contributed by atoms with Gasteiger partial charge >= 0.3 is 0 Å². The summed E-state index contributed by atoms with van der Waals surface area (Å²) in [6.45, 7) is 4.97. The maximum absolute atomic E-state index is 9.57. The molecule has 5 heteroatoms. The van der Waals surface area contributed by atoms with E-state index in [1.807, 2.05) is 24.3 Å². The molecular formula is C19H23ClN2O2. The highest BCUT2D eigenvalue weighted by Crippen LogP contribution is 2.23. The molecule has 0 radical (unpaired) electrons. The predicted octanol–water partition coefficient (Wildman–Crippen LogP) is 3.21. The van der Waals surface area contributed by atoms with Crippen molar-refractivity contribution in [2.75, 3.05) is 32.8 Å². The molecule has 2 aromatic carbocycles. The average Bonchev–Trinajstić information content (AvgIpc) is 2.61. The van der Waals surface area contributed by atoms with E-state index >= 15 is 0 Å². The van der Waals surface area contributed by atoms with Crippen LogP contribution in [-0.2, 0) is 11.3 Å². The van der Waals surface area contributed by atoms with E-state index in [0.29, 0.717) is 5.75 Å². The van der Waals surface area contributed by atoms with Gasteiger partial charge in [0.25, 0.3) is 0 Å². The molecule has 0 amide bonds. The van der Waals surface area contributed by atoms with Crippen LogP contribution in [0.15, 0.2) is 48.5 Å². The third-order valence-corrected chi connectivity index (χ3v) is 4.57. The zero-order valence-corrected chi connectivity index (χ0v) is 14.4. The molecule has 2 aromatic rings. The van der Waals surface area contributed by atoms with Gasteiger partial charge in [-0.05, 0) is 35.4 Å². The Hall–Kier alpha value is -1.59. The summed E-state index contributed by atoms with van der Waals surface area (Å²) in [5.41, 5.74) is 2.33. The Morgan fingerprint density at radius 2 is 1.88 bits per heavy atom. The van der Waals surface area contributed by atoms with Crippen molar-refractivity contribution in [1.29, 1.82) is 0 Å². The topological polar surface area (TPSA) is 44.7 Å². The third kappa shape index (κ3) is 4.71. The van der Waals surface area contributed by atoms with Crippen molar-refractivity contribution in [3.63, 3.8) is 0 Å². The van der Waals surface area contributed by atoms with Gasteiger partial charge < -0.3 is 15.2 Å². The smallest absolute Gasteiger partial charge is 0.115 e. The molecule has 1 saturated heterocycles. The highest BCUT2D eigenvalue weighted by molar-refractivity contribution is 6.30. The van der Waals surface area contributed by atoms with Crippen LogP contribution in [0.4, 0.5) is 0 Å². The van der Waals surface area contributed by atoms with Crippen LogP contribution in [-0.4, -0.2) is 42.9 Å². The van der Waals surface area contributed by atoms with Gasteiger partial charge in [0.15, 0.2) is 0 Å². The summed E-state index contributed by atoms with van der Waals surface area (Å²) in [4.78, 5) is 2.45. The van der Waals surface area contributed by atoms with Crippen molar-refractivity contribution in [3.8, 4) is 5.75 Å². The number of benzene rings is 2. The number of nitrogens with one attached hydrogen (secondary N) is 1. The van der Waals surface area contributed by atoms with Crippen LogP contribution in [0.2, 0.25) is 5.02 Å². The van der Waals surface area contributed by atoms with E-state index in [4.69, 9.17) is 16.3 Å². The molecule has 0 aliphatic carbocycles. The first-order valence-electron chi connectivity index (χ1n) is 8.28. The van der Waals surface area contributed by atoms with Gasteiger partial charge in [0, 0.05) is 37.2 Å². The molecule has 1 atom stereocenters. The van der Waals surface area contributed by atoms with Crippen molar-refractivity contribution in [2.45, 2.75) is 12.6 Å². The molecule has 1 aliphatic rings. The normalized spacial score (nSPS) is 16.9.